The number of carbonyl (C=O) groups is 1. The summed E-state index contributed by atoms with van der Waals surface area (Å²) in [6.45, 7) is 4.28. The lowest BCUT2D eigenvalue weighted by molar-refractivity contribution is 0.0972. The molecule has 0 unspecified atom stereocenters. The van der Waals surface area contributed by atoms with Gasteiger partial charge in [0, 0.05) is 29.6 Å². The molecule has 0 saturated heterocycles. The van der Waals surface area contributed by atoms with Gasteiger partial charge in [-0.15, -0.1) is 0 Å². The monoisotopic (exact) mass is 390 g/mol. The molecule has 1 aliphatic heterocycles. The molecule has 2 aromatic carbocycles. The van der Waals surface area contributed by atoms with Crippen molar-refractivity contribution in [2.75, 3.05) is 19.2 Å². The van der Waals surface area contributed by atoms with Gasteiger partial charge in [-0.1, -0.05) is 0 Å². The Morgan fingerprint density at radius 1 is 1.07 bits per heavy atom. The maximum absolute atomic E-state index is 12.9. The van der Waals surface area contributed by atoms with Crippen molar-refractivity contribution in [2.45, 2.75) is 33.1 Å². The van der Waals surface area contributed by atoms with E-state index in [2.05, 4.69) is 11.4 Å². The third kappa shape index (κ3) is 2.87. The summed E-state index contributed by atoms with van der Waals surface area (Å²) in [7, 11) is 1.67. The summed E-state index contributed by atoms with van der Waals surface area (Å²) < 4.78 is 16.6. The number of pyridine rings is 1. The van der Waals surface area contributed by atoms with Crippen LogP contribution in [-0.2, 0) is 6.42 Å². The molecule has 0 spiro atoms. The van der Waals surface area contributed by atoms with Crippen LogP contribution in [0, 0.1) is 13.8 Å². The van der Waals surface area contributed by atoms with Crippen LogP contribution in [0.15, 0.2) is 24.3 Å². The summed E-state index contributed by atoms with van der Waals surface area (Å²) in [5.41, 5.74) is 6.17. The molecule has 0 atom stereocenters. The smallest absolute Gasteiger partial charge is 0.231 e. The Kier molecular flexibility index (Phi) is 4.08. The molecule has 148 valence electrons. The number of anilines is 2. The van der Waals surface area contributed by atoms with E-state index in [-0.39, 0.29) is 12.6 Å². The maximum Gasteiger partial charge on any atom is 0.231 e. The Morgan fingerprint density at radius 3 is 2.66 bits per heavy atom. The molecule has 0 fully saturated rings. The fourth-order valence-electron chi connectivity index (χ4n) is 4.11. The van der Waals surface area contributed by atoms with Gasteiger partial charge in [-0.05, 0) is 49.9 Å². The maximum atomic E-state index is 12.9. The van der Waals surface area contributed by atoms with Crippen molar-refractivity contribution in [3.8, 4) is 17.2 Å². The van der Waals surface area contributed by atoms with Crippen LogP contribution in [0.25, 0.3) is 10.9 Å². The Hall–Kier alpha value is -3.28. The molecule has 0 radical (unpaired) electrons. The molecule has 5 rings (SSSR count). The molecule has 1 N–H and O–H groups in total. The number of Topliss-reactive ketones (excluding diaryl/α,β-unsaturated/α-hetero) is 1. The van der Waals surface area contributed by atoms with Crippen LogP contribution in [0.3, 0.4) is 0 Å². The Morgan fingerprint density at radius 2 is 1.86 bits per heavy atom. The molecule has 6 heteroatoms. The van der Waals surface area contributed by atoms with E-state index in [4.69, 9.17) is 19.2 Å². The summed E-state index contributed by atoms with van der Waals surface area (Å²) in [5.74, 6) is 2.29. The third-order valence-electron chi connectivity index (χ3n) is 5.76. The van der Waals surface area contributed by atoms with Crippen LogP contribution >= 0.6 is 0 Å². The molecular formula is C23H22N2O4. The van der Waals surface area contributed by atoms with E-state index in [1.807, 2.05) is 32.0 Å². The fourth-order valence-corrected chi connectivity index (χ4v) is 4.11. The highest BCUT2D eigenvalue weighted by Crippen LogP contribution is 2.42. The average Bonchev–Trinajstić information content (AvgIpc) is 3.16. The van der Waals surface area contributed by atoms with Crippen LogP contribution in [0.1, 0.15) is 40.0 Å². The van der Waals surface area contributed by atoms with Gasteiger partial charge in [-0.2, -0.15) is 0 Å². The van der Waals surface area contributed by atoms with E-state index in [1.165, 1.54) is 0 Å². The summed E-state index contributed by atoms with van der Waals surface area (Å²) in [6.07, 6.45) is 2.15. The summed E-state index contributed by atoms with van der Waals surface area (Å²) >= 11 is 0. The molecule has 0 amide bonds. The zero-order chi connectivity index (χ0) is 20.1. The second kappa shape index (κ2) is 6.65. The molecule has 1 aliphatic carbocycles. The van der Waals surface area contributed by atoms with Gasteiger partial charge in [0.15, 0.2) is 17.3 Å². The van der Waals surface area contributed by atoms with Crippen molar-refractivity contribution in [3.05, 3.63) is 46.6 Å². The van der Waals surface area contributed by atoms with Gasteiger partial charge in [0.2, 0.25) is 6.79 Å². The van der Waals surface area contributed by atoms with Crippen molar-refractivity contribution in [1.82, 2.24) is 4.98 Å². The predicted molar refractivity (Wildman–Crippen MR) is 111 cm³/mol. The van der Waals surface area contributed by atoms with E-state index in [0.717, 1.165) is 57.7 Å². The number of nitrogens with zero attached hydrogens (tertiary/aromatic N) is 1. The van der Waals surface area contributed by atoms with Gasteiger partial charge in [0.1, 0.15) is 5.75 Å². The van der Waals surface area contributed by atoms with Gasteiger partial charge in [0.05, 0.1) is 29.6 Å². The second-order valence-corrected chi connectivity index (χ2v) is 7.55. The van der Waals surface area contributed by atoms with Crippen LogP contribution in [-0.4, -0.2) is 24.7 Å². The standard InChI is InChI=1S/C23H22N2O4/c1-12-7-14(8-19(27-3)13(12)2)24-23-15-9-20-21(29-11-28-20)10-17(15)25-16-5-4-6-18(26)22(16)23/h7-10H,4-6,11H2,1-3H3,(H,24,25). The van der Waals surface area contributed by atoms with Gasteiger partial charge < -0.3 is 19.5 Å². The Balaban J connectivity index is 1.74. The zero-order valence-electron chi connectivity index (χ0n) is 16.7. The highest BCUT2D eigenvalue weighted by Gasteiger charge is 2.27. The van der Waals surface area contributed by atoms with Crippen LogP contribution in [0.2, 0.25) is 0 Å². The lowest BCUT2D eigenvalue weighted by Gasteiger charge is -2.22. The Bertz CT molecular complexity index is 1170. The van der Waals surface area contributed by atoms with E-state index >= 15 is 0 Å². The normalized spacial score (nSPS) is 14.8. The SMILES string of the molecule is COc1cc(Nc2c3c(nc4cc5c(cc24)OCO5)CCCC3=O)cc(C)c1C. The Labute approximate surface area is 168 Å². The summed E-state index contributed by atoms with van der Waals surface area (Å²) in [4.78, 5) is 17.6. The molecule has 2 heterocycles. The zero-order valence-corrected chi connectivity index (χ0v) is 16.7. The van der Waals surface area contributed by atoms with Gasteiger partial charge in [-0.3, -0.25) is 9.78 Å². The van der Waals surface area contributed by atoms with Crippen molar-refractivity contribution >= 4 is 28.1 Å². The first-order valence-corrected chi connectivity index (χ1v) is 9.77. The van der Waals surface area contributed by atoms with Crippen LogP contribution < -0.4 is 19.5 Å². The van der Waals surface area contributed by atoms with Gasteiger partial charge in [0.25, 0.3) is 0 Å². The third-order valence-corrected chi connectivity index (χ3v) is 5.76. The van der Waals surface area contributed by atoms with Gasteiger partial charge >= 0.3 is 0 Å². The first kappa shape index (κ1) is 17.8. The van der Waals surface area contributed by atoms with Gasteiger partial charge in [-0.25, -0.2) is 0 Å². The molecule has 0 saturated carbocycles. The highest BCUT2D eigenvalue weighted by atomic mass is 16.7. The molecule has 3 aromatic rings. The molecule has 29 heavy (non-hydrogen) atoms. The van der Waals surface area contributed by atoms with Crippen LogP contribution in [0.5, 0.6) is 17.2 Å². The fraction of sp³-hybridized carbons (Fsp3) is 0.304. The molecule has 6 nitrogen and oxygen atoms in total. The van der Waals surface area contributed by atoms with E-state index in [1.54, 1.807) is 7.11 Å². The molecule has 0 bridgehead atoms. The summed E-state index contributed by atoms with van der Waals surface area (Å²) in [6, 6.07) is 7.83. The number of carbonyl (C=O) groups excluding carboxylic acids is 1. The van der Waals surface area contributed by atoms with Crippen molar-refractivity contribution in [2.24, 2.45) is 0 Å². The highest BCUT2D eigenvalue weighted by molar-refractivity contribution is 6.11. The summed E-state index contributed by atoms with van der Waals surface area (Å²) in [5, 5.41) is 4.35. The van der Waals surface area contributed by atoms with Crippen molar-refractivity contribution in [1.29, 1.82) is 0 Å². The topological polar surface area (TPSA) is 69.7 Å². The van der Waals surface area contributed by atoms with Crippen LogP contribution in [0.4, 0.5) is 11.4 Å². The number of aryl methyl sites for hydroxylation is 2. The largest absolute Gasteiger partial charge is 0.496 e. The minimum absolute atomic E-state index is 0.122. The van der Waals surface area contributed by atoms with Crippen molar-refractivity contribution in [3.63, 3.8) is 0 Å². The predicted octanol–water partition coefficient (Wildman–Crippen LogP) is 4.85. The van der Waals surface area contributed by atoms with Crippen molar-refractivity contribution < 1.29 is 19.0 Å². The average molecular weight is 390 g/mol. The molecular weight excluding hydrogens is 368 g/mol. The number of fused-ring (bicyclic) bond motifs is 3. The molecule has 1 aromatic heterocycles. The number of ketones is 1. The lowest BCUT2D eigenvalue weighted by atomic mass is 9.91. The lowest BCUT2D eigenvalue weighted by Crippen LogP contribution is -2.15. The van der Waals surface area contributed by atoms with E-state index in [9.17, 15) is 4.79 Å². The minimum atomic E-state index is 0.122. The minimum Gasteiger partial charge on any atom is -0.496 e. The van der Waals surface area contributed by atoms with E-state index in [0.29, 0.717) is 23.5 Å². The second-order valence-electron chi connectivity index (χ2n) is 7.55. The molecule has 2 aliphatic rings. The quantitative estimate of drug-likeness (QED) is 0.689. The number of hydrogen-bond donors (Lipinski definition) is 1. The number of hydrogen-bond acceptors (Lipinski definition) is 6. The van der Waals surface area contributed by atoms with E-state index < -0.39 is 0 Å². The number of ether oxygens (including phenoxy) is 3. The number of benzene rings is 2. The number of rotatable bonds is 3. The number of aromatic nitrogens is 1. The first-order valence-electron chi connectivity index (χ1n) is 9.77. The number of methoxy groups -OCH3 is 1. The number of nitrogens with one attached hydrogen (secondary N) is 1. The first-order chi connectivity index (χ1) is 14.0.